The second-order valence-electron chi connectivity index (χ2n) is 7.22. The number of nitrogens with zero attached hydrogens (tertiary/aromatic N) is 1. The van der Waals surface area contributed by atoms with Crippen LogP contribution in [0.1, 0.15) is 38.3 Å². The van der Waals surface area contributed by atoms with E-state index in [0.29, 0.717) is 26.1 Å². The van der Waals surface area contributed by atoms with Crippen molar-refractivity contribution in [2.45, 2.75) is 51.1 Å². The van der Waals surface area contributed by atoms with Gasteiger partial charge in [-0.1, -0.05) is 49.4 Å². The van der Waals surface area contributed by atoms with Crippen LogP contribution >= 0.6 is 0 Å². The lowest BCUT2D eigenvalue weighted by molar-refractivity contribution is -0.140. The first-order valence-corrected chi connectivity index (χ1v) is 12.0. The topological polar surface area (TPSA) is 95.6 Å². The van der Waals surface area contributed by atoms with Crippen LogP contribution < -0.4 is 10.0 Å². The summed E-state index contributed by atoms with van der Waals surface area (Å²) in [7, 11) is -3.50. The van der Waals surface area contributed by atoms with Crippen LogP contribution in [0, 0.1) is 0 Å². The molecule has 2 aromatic carbocycles. The maximum absolute atomic E-state index is 13.0. The Bertz CT molecular complexity index is 960. The molecule has 0 saturated heterocycles. The van der Waals surface area contributed by atoms with Crippen LogP contribution in [0.25, 0.3) is 0 Å². The predicted molar refractivity (Wildman–Crippen MR) is 121 cm³/mol. The smallest absolute Gasteiger partial charge is 0.242 e. The average Bonchev–Trinajstić information content (AvgIpc) is 2.76. The highest BCUT2D eigenvalue weighted by Gasteiger charge is 2.25. The number of carbonyl (C=O) groups excluding carboxylic acids is 2. The van der Waals surface area contributed by atoms with Gasteiger partial charge >= 0.3 is 0 Å². The van der Waals surface area contributed by atoms with Crippen LogP contribution in [-0.2, 0) is 32.6 Å². The molecule has 8 heteroatoms. The summed E-state index contributed by atoms with van der Waals surface area (Å²) in [5.74, 6) is -0.322. The van der Waals surface area contributed by atoms with Crippen LogP contribution in [0.5, 0.6) is 0 Å². The van der Waals surface area contributed by atoms with Gasteiger partial charge in [0.2, 0.25) is 21.8 Å². The predicted octanol–water partition coefficient (Wildman–Crippen LogP) is 2.47. The van der Waals surface area contributed by atoms with E-state index < -0.39 is 16.1 Å². The number of nitrogens with one attached hydrogen (secondary N) is 2. The van der Waals surface area contributed by atoms with Gasteiger partial charge in [-0.25, -0.2) is 13.1 Å². The van der Waals surface area contributed by atoms with Crippen molar-refractivity contribution in [2.75, 3.05) is 13.1 Å². The van der Waals surface area contributed by atoms with Crippen molar-refractivity contribution < 1.29 is 18.0 Å². The fourth-order valence-electron chi connectivity index (χ4n) is 3.19. The summed E-state index contributed by atoms with van der Waals surface area (Å²) in [4.78, 5) is 27.2. The molecule has 0 fully saturated rings. The number of amides is 2. The van der Waals surface area contributed by atoms with Gasteiger partial charge in [0, 0.05) is 26.1 Å². The Morgan fingerprint density at radius 1 is 0.935 bits per heavy atom. The number of aryl methyl sites for hydroxylation is 1. The van der Waals surface area contributed by atoms with Crippen molar-refractivity contribution in [1.29, 1.82) is 0 Å². The van der Waals surface area contributed by atoms with Gasteiger partial charge in [0.25, 0.3) is 0 Å². The molecule has 0 aliphatic carbocycles. The van der Waals surface area contributed by atoms with Gasteiger partial charge in [-0.3, -0.25) is 9.59 Å². The summed E-state index contributed by atoms with van der Waals surface area (Å²) in [6, 6.07) is 15.5. The second kappa shape index (κ2) is 11.6. The highest BCUT2D eigenvalue weighted by Crippen LogP contribution is 2.15. The minimum Gasteiger partial charge on any atom is -0.355 e. The Hall–Kier alpha value is -2.71. The van der Waals surface area contributed by atoms with Crippen molar-refractivity contribution >= 4 is 21.8 Å². The third-order valence-electron chi connectivity index (χ3n) is 4.91. The molecule has 0 saturated carbocycles. The maximum Gasteiger partial charge on any atom is 0.242 e. The molecule has 2 aromatic rings. The molecule has 0 aliphatic rings. The normalized spacial score (nSPS) is 12.2. The molecule has 7 nitrogen and oxygen atoms in total. The van der Waals surface area contributed by atoms with E-state index >= 15 is 0 Å². The molecule has 2 amide bonds. The number of likely N-dealkylation sites (N-methyl/N-ethyl adjacent to an activating group) is 1. The molecule has 0 unspecified atom stereocenters. The van der Waals surface area contributed by atoms with Crippen molar-refractivity contribution in [3.63, 3.8) is 0 Å². The highest BCUT2D eigenvalue weighted by atomic mass is 32.2. The molecule has 2 rings (SSSR count). The van der Waals surface area contributed by atoms with Crippen molar-refractivity contribution in [3.8, 4) is 0 Å². The molecule has 31 heavy (non-hydrogen) atoms. The third-order valence-corrected chi connectivity index (χ3v) is 6.47. The first-order valence-electron chi connectivity index (χ1n) is 10.5. The summed E-state index contributed by atoms with van der Waals surface area (Å²) in [5, 5.41) is 2.78. The summed E-state index contributed by atoms with van der Waals surface area (Å²) < 4.78 is 26.6. The van der Waals surface area contributed by atoms with Crippen LogP contribution in [0.3, 0.4) is 0 Å². The molecule has 1 atom stereocenters. The standard InChI is InChI=1S/C23H31N3O4S/c1-4-24-23(28)18(3)26(17-20-9-7-6-8-10-20)22(27)16-13-19-11-14-21(15-12-19)31(29,30)25-5-2/h6-12,14-15,18,25H,4-5,13,16-17H2,1-3H3,(H,24,28)/t18-/m0/s1. The van der Waals surface area contributed by atoms with E-state index in [1.807, 2.05) is 37.3 Å². The van der Waals surface area contributed by atoms with Crippen LogP contribution in [0.2, 0.25) is 0 Å². The van der Waals surface area contributed by atoms with Gasteiger partial charge in [0.1, 0.15) is 6.04 Å². The molecular formula is C23H31N3O4S. The lowest BCUT2D eigenvalue weighted by atomic mass is 10.1. The fraction of sp³-hybridized carbons (Fsp3) is 0.391. The lowest BCUT2D eigenvalue weighted by Crippen LogP contribution is -2.47. The van der Waals surface area contributed by atoms with Gasteiger partial charge in [-0.2, -0.15) is 0 Å². The third kappa shape index (κ3) is 7.18. The summed E-state index contributed by atoms with van der Waals surface area (Å²) in [6.45, 7) is 6.46. The summed E-state index contributed by atoms with van der Waals surface area (Å²) in [6.07, 6.45) is 0.670. The zero-order chi connectivity index (χ0) is 22.9. The minimum absolute atomic E-state index is 0.132. The van der Waals surface area contributed by atoms with Gasteiger partial charge in [-0.15, -0.1) is 0 Å². The van der Waals surface area contributed by atoms with E-state index in [2.05, 4.69) is 10.0 Å². The van der Waals surface area contributed by atoms with Crippen molar-refractivity contribution in [1.82, 2.24) is 14.9 Å². The van der Waals surface area contributed by atoms with E-state index in [4.69, 9.17) is 0 Å². The Balaban J connectivity index is 2.09. The van der Waals surface area contributed by atoms with Crippen molar-refractivity contribution in [2.24, 2.45) is 0 Å². The molecule has 2 N–H and O–H groups in total. The van der Waals surface area contributed by atoms with Gasteiger partial charge in [0.15, 0.2) is 0 Å². The lowest BCUT2D eigenvalue weighted by Gasteiger charge is -2.28. The van der Waals surface area contributed by atoms with E-state index in [0.717, 1.165) is 11.1 Å². The minimum atomic E-state index is -3.50. The molecule has 0 bridgehead atoms. The SMILES string of the molecule is CCNC(=O)[C@H](C)N(Cc1ccccc1)C(=O)CCc1ccc(S(=O)(=O)NCC)cc1. The Kier molecular flexibility index (Phi) is 9.21. The first kappa shape index (κ1) is 24.6. The average molecular weight is 446 g/mol. The molecule has 0 spiro atoms. The second-order valence-corrected chi connectivity index (χ2v) is 8.99. The van der Waals surface area contributed by atoms with E-state index in [1.165, 1.54) is 12.1 Å². The van der Waals surface area contributed by atoms with Crippen LogP contribution in [-0.4, -0.2) is 44.3 Å². The first-order chi connectivity index (χ1) is 14.8. The Labute approximate surface area is 184 Å². The van der Waals surface area contributed by atoms with Crippen LogP contribution in [0.15, 0.2) is 59.5 Å². The largest absolute Gasteiger partial charge is 0.355 e. The summed E-state index contributed by atoms with van der Waals surface area (Å²) in [5.41, 5.74) is 1.80. The number of sulfonamides is 1. The molecule has 0 aliphatic heterocycles. The quantitative estimate of drug-likeness (QED) is 0.555. The summed E-state index contributed by atoms with van der Waals surface area (Å²) >= 11 is 0. The zero-order valence-corrected chi connectivity index (χ0v) is 19.1. The van der Waals surface area contributed by atoms with Gasteiger partial charge in [0.05, 0.1) is 4.90 Å². The van der Waals surface area contributed by atoms with Crippen LogP contribution in [0.4, 0.5) is 0 Å². The molecule has 0 aromatic heterocycles. The Morgan fingerprint density at radius 2 is 1.58 bits per heavy atom. The number of hydrogen-bond acceptors (Lipinski definition) is 4. The zero-order valence-electron chi connectivity index (χ0n) is 18.3. The maximum atomic E-state index is 13.0. The van der Waals surface area contributed by atoms with E-state index in [9.17, 15) is 18.0 Å². The highest BCUT2D eigenvalue weighted by molar-refractivity contribution is 7.89. The van der Waals surface area contributed by atoms with Gasteiger partial charge < -0.3 is 10.2 Å². The number of carbonyl (C=O) groups is 2. The number of hydrogen-bond donors (Lipinski definition) is 2. The van der Waals surface area contributed by atoms with E-state index in [-0.39, 0.29) is 23.1 Å². The number of rotatable bonds is 11. The van der Waals surface area contributed by atoms with Crippen molar-refractivity contribution in [3.05, 3.63) is 65.7 Å². The fourth-order valence-corrected chi connectivity index (χ4v) is 4.23. The molecule has 0 radical (unpaired) electrons. The van der Waals surface area contributed by atoms with E-state index in [1.54, 1.807) is 30.9 Å². The molecule has 168 valence electrons. The Morgan fingerprint density at radius 3 is 2.16 bits per heavy atom. The number of benzene rings is 2. The van der Waals surface area contributed by atoms with Gasteiger partial charge in [-0.05, 0) is 43.5 Å². The molecular weight excluding hydrogens is 414 g/mol. The molecule has 0 heterocycles. The monoisotopic (exact) mass is 445 g/mol.